The van der Waals surface area contributed by atoms with Gasteiger partial charge < -0.3 is 90.4 Å². The maximum Gasteiger partial charge on any atom is 3.00 e. The minimum Gasteiger partial charge on any atom is -0.907 e. The molecule has 0 spiro atoms. The summed E-state index contributed by atoms with van der Waals surface area (Å²) < 4.78 is 0. The molecule has 0 bridgehead atoms. The second kappa shape index (κ2) is 70.9. The molecule has 0 amide bonds. The molecule has 0 aromatic heterocycles. The van der Waals surface area contributed by atoms with E-state index in [2.05, 4.69) is 0 Å². The van der Waals surface area contributed by atoms with Crippen molar-refractivity contribution in [3.05, 3.63) is 0 Å². The van der Waals surface area contributed by atoms with Crippen molar-refractivity contribution in [2.75, 3.05) is 0 Å². The van der Waals surface area contributed by atoms with Gasteiger partial charge in [-0.05, 0) is 0 Å². The van der Waals surface area contributed by atoms with E-state index < -0.39 is 43.9 Å². The minimum atomic E-state index is -2.92. The second-order valence-electron chi connectivity index (χ2n) is 1.73. The van der Waals surface area contributed by atoms with Crippen molar-refractivity contribution in [2.24, 2.45) is 0 Å². The van der Waals surface area contributed by atoms with Crippen LogP contribution in [0.15, 0.2) is 0 Å². The van der Waals surface area contributed by atoms with Crippen LogP contribution in [0.5, 0.6) is 0 Å². The second-order valence-corrected chi connectivity index (χ2v) is 1.73. The number of hydrogen-bond acceptors (Lipinski definition) is 18. The summed E-state index contributed by atoms with van der Waals surface area (Å²) in [6.07, 6.45) is 0. The number of hydrogen-bond donors (Lipinski definition) is 0. The quantitative estimate of drug-likeness (QED) is 0.203. The first kappa shape index (κ1) is 76.9. The molecule has 0 aliphatic rings. The predicted octanol–water partition coefficient (Wildman–Crippen LogP) is -23.7. The average Bonchev–Trinajstić information content (AvgIpc) is 2.08. The molecule has 0 heterocycles. The first-order valence-electron chi connectivity index (χ1n) is 4.24. The van der Waals surface area contributed by atoms with E-state index in [-0.39, 0.29) is 250 Å². The van der Waals surface area contributed by atoms with Crippen molar-refractivity contribution in [3.63, 3.8) is 0 Å². The van der Waals surface area contributed by atoms with E-state index in [1.54, 1.807) is 0 Å². The summed E-state index contributed by atoms with van der Waals surface area (Å²) in [5.41, 5.74) is 0. The Balaban J connectivity index is -0.0000000125. The van der Waals surface area contributed by atoms with Gasteiger partial charge >= 0.3 is 250 Å². The summed E-state index contributed by atoms with van der Waals surface area (Å²) >= 11 is 0. The molecule has 0 aromatic rings. The molecule has 30 heteroatoms. The van der Waals surface area contributed by atoms with E-state index >= 15 is 0 Å². The molecular weight excluding hydrogens is 1190 g/mol. The molecule has 0 N–H and O–H groups in total. The molecule has 0 saturated heterocycles. The minimum absolute atomic E-state index is 0. The van der Waals surface area contributed by atoms with E-state index in [0.29, 0.717) is 0 Å². The Morgan fingerprint density at radius 3 is 0.167 bits per heavy atom. The molecule has 0 fully saturated rings. The molecule has 150 valence electrons. The average molecular weight is 1190 g/mol. The van der Waals surface area contributed by atoms with Crippen LogP contribution >= 0.6 is 0 Å². The van der Waals surface area contributed by atoms with E-state index in [0.717, 1.165) is 0 Å². The largest absolute Gasteiger partial charge is 3.00 e. The monoisotopic (exact) mass is 1190 g/mol. The third-order valence-electron chi connectivity index (χ3n) is 0. The van der Waals surface area contributed by atoms with Gasteiger partial charge in [-0.3, -0.25) is 43.9 Å². The molecule has 0 atom stereocenters. The Labute approximate surface area is 375 Å². The van der Waals surface area contributed by atoms with Crippen LogP contribution in [0.2, 0.25) is 0 Å². The molecule has 0 rings (SSSR count). The van der Waals surface area contributed by atoms with E-state index in [1.165, 1.54) is 0 Å². The van der Waals surface area contributed by atoms with Crippen LogP contribution in [0.1, 0.15) is 0 Å². The van der Waals surface area contributed by atoms with Gasteiger partial charge in [-0.25, -0.2) is 0 Å². The molecule has 0 aliphatic heterocycles. The molecule has 6 radical (unpaired) electrons. The summed E-state index contributed by atoms with van der Waals surface area (Å²) in [6, 6.07) is 0. The van der Waals surface area contributed by atoms with Crippen LogP contribution < -0.4 is 90.4 Å². The normalized spacial score (nSPS) is 5.40. The van der Waals surface area contributed by atoms with E-state index in [4.69, 9.17) is 90.4 Å². The van der Waals surface area contributed by atoms with Gasteiger partial charge in [-0.2, -0.15) is 0 Å². The molecular formula is B6Ce6O18. The fourth-order valence-electron chi connectivity index (χ4n) is 0. The summed E-state index contributed by atoms with van der Waals surface area (Å²) in [7, 11) is -17.5. The molecule has 0 aliphatic carbocycles. The van der Waals surface area contributed by atoms with Gasteiger partial charge in [0, 0.05) is 0 Å². The summed E-state index contributed by atoms with van der Waals surface area (Å²) in [6.45, 7) is 0. The van der Waals surface area contributed by atoms with Crippen LogP contribution in [0, 0.1) is 250 Å². The molecule has 0 unspecified atom stereocenters. The topological polar surface area (TPSA) is 415 Å². The van der Waals surface area contributed by atoms with Gasteiger partial charge in [0.05, 0.1) is 0 Å². The zero-order chi connectivity index (χ0) is 21.5. The SMILES string of the molecule is [Ce+3].[Ce+3].[Ce+3].[Ce+3].[Ce+3].[Ce+3].[O-]B([O-])[O-].[O-]B([O-])[O-].[O-]B([O-])[O-].[O-]B([O-])[O-].[O-]B([O-])[O-].[O-]B([O-])[O-]. The van der Waals surface area contributed by atoms with Crippen molar-refractivity contribution in [1.82, 2.24) is 0 Å². The standard InChI is InChI=1S/6BO3.6Ce/c6*2-1(3)4;;;;;;/q6*-3;6*+3. The Bertz CT molecular complexity index is 116. The van der Waals surface area contributed by atoms with Crippen LogP contribution in [0.4, 0.5) is 0 Å². The van der Waals surface area contributed by atoms with Crippen molar-refractivity contribution in [1.29, 1.82) is 0 Å². The predicted molar refractivity (Wildman–Crippen MR) is 34.5 cm³/mol. The van der Waals surface area contributed by atoms with Gasteiger partial charge in [-0.15, -0.1) is 0 Å². The Morgan fingerprint density at radius 1 is 0.167 bits per heavy atom. The molecule has 30 heavy (non-hydrogen) atoms. The third kappa shape index (κ3) is 697. The first-order valence-corrected chi connectivity index (χ1v) is 4.24. The Hall–Kier alpha value is 7.93. The van der Waals surface area contributed by atoms with Crippen molar-refractivity contribution in [2.45, 2.75) is 0 Å². The van der Waals surface area contributed by atoms with Gasteiger partial charge in [-0.1, -0.05) is 0 Å². The fraction of sp³-hybridized carbons (Fsp3) is 0. The Morgan fingerprint density at radius 2 is 0.167 bits per heavy atom. The third-order valence-corrected chi connectivity index (χ3v) is 0. The van der Waals surface area contributed by atoms with Crippen LogP contribution in [-0.4, -0.2) is 43.9 Å². The zero-order valence-electron chi connectivity index (χ0n) is 13.8. The van der Waals surface area contributed by atoms with E-state index in [1.807, 2.05) is 0 Å². The maximum atomic E-state index is 8.42. The van der Waals surface area contributed by atoms with Crippen LogP contribution in [0.3, 0.4) is 0 Å². The van der Waals surface area contributed by atoms with Crippen molar-refractivity contribution >= 4 is 43.9 Å². The van der Waals surface area contributed by atoms with Gasteiger partial charge in [0.2, 0.25) is 0 Å². The zero-order valence-corrected chi connectivity index (χ0v) is 32.7. The van der Waals surface area contributed by atoms with Gasteiger partial charge in [0.15, 0.2) is 0 Å². The van der Waals surface area contributed by atoms with Gasteiger partial charge in [0.1, 0.15) is 0 Å². The maximum absolute atomic E-state index is 8.42. The number of rotatable bonds is 0. The van der Waals surface area contributed by atoms with Crippen LogP contribution in [0.25, 0.3) is 0 Å². The summed E-state index contributed by atoms with van der Waals surface area (Å²) in [5.74, 6) is 0. The summed E-state index contributed by atoms with van der Waals surface area (Å²) in [4.78, 5) is 0. The summed E-state index contributed by atoms with van der Waals surface area (Å²) in [5, 5.41) is 152. The first-order chi connectivity index (χ1) is 10.4. The molecule has 18 nitrogen and oxygen atoms in total. The van der Waals surface area contributed by atoms with E-state index in [9.17, 15) is 0 Å². The van der Waals surface area contributed by atoms with Crippen molar-refractivity contribution in [3.8, 4) is 0 Å². The molecule has 0 saturated carbocycles. The fourth-order valence-corrected chi connectivity index (χ4v) is 0. The molecule has 0 aromatic carbocycles. The van der Waals surface area contributed by atoms with Crippen LogP contribution in [-0.2, 0) is 0 Å². The Kier molecular flexibility index (Phi) is 182. The smallest absolute Gasteiger partial charge is 0.907 e. The van der Waals surface area contributed by atoms with Crippen molar-refractivity contribution < 1.29 is 341 Å². The van der Waals surface area contributed by atoms with Gasteiger partial charge in [0.25, 0.3) is 0 Å².